The van der Waals surface area contributed by atoms with Crippen molar-refractivity contribution in [2.45, 2.75) is 40.5 Å². The second-order valence-electron chi connectivity index (χ2n) is 3.81. The van der Waals surface area contributed by atoms with Gasteiger partial charge in [0.05, 0.1) is 0 Å². The maximum absolute atomic E-state index is 10.0. The smallest absolute Gasteiger partial charge is 0.142 e. The van der Waals surface area contributed by atoms with Crippen LogP contribution in [0.15, 0.2) is 34.9 Å². The SMILES string of the molecule is CC(=C/C=C/C=O)CCC(C)=C(C)C. The summed E-state index contributed by atoms with van der Waals surface area (Å²) in [5, 5.41) is 0. The van der Waals surface area contributed by atoms with Crippen LogP contribution in [0, 0.1) is 0 Å². The normalized spacial score (nSPS) is 11.9. The summed E-state index contributed by atoms with van der Waals surface area (Å²) in [4.78, 5) is 10.0. The van der Waals surface area contributed by atoms with E-state index in [-0.39, 0.29) is 0 Å². The van der Waals surface area contributed by atoms with E-state index in [4.69, 9.17) is 0 Å². The van der Waals surface area contributed by atoms with Gasteiger partial charge >= 0.3 is 0 Å². The van der Waals surface area contributed by atoms with Gasteiger partial charge in [0.15, 0.2) is 0 Å². The minimum Gasteiger partial charge on any atom is -0.299 e. The fourth-order valence-corrected chi connectivity index (χ4v) is 0.983. The lowest BCUT2D eigenvalue weighted by Gasteiger charge is -2.03. The maximum atomic E-state index is 10.0. The van der Waals surface area contributed by atoms with E-state index in [1.54, 1.807) is 6.08 Å². The van der Waals surface area contributed by atoms with E-state index < -0.39 is 0 Å². The Kier molecular flexibility index (Phi) is 6.73. The molecule has 0 amide bonds. The van der Waals surface area contributed by atoms with Crippen molar-refractivity contribution in [2.75, 3.05) is 0 Å². The molecule has 0 saturated heterocycles. The topological polar surface area (TPSA) is 17.1 Å². The van der Waals surface area contributed by atoms with Gasteiger partial charge in [-0.3, -0.25) is 4.79 Å². The van der Waals surface area contributed by atoms with Crippen molar-refractivity contribution in [1.82, 2.24) is 0 Å². The molecule has 0 aromatic heterocycles. The highest BCUT2D eigenvalue weighted by atomic mass is 16.1. The minimum absolute atomic E-state index is 0.797. The fraction of sp³-hybridized carbons (Fsp3) is 0.462. The minimum atomic E-state index is 0.797. The van der Waals surface area contributed by atoms with Crippen LogP contribution in [0.3, 0.4) is 0 Å². The first-order valence-electron chi connectivity index (χ1n) is 4.98. The van der Waals surface area contributed by atoms with Crippen LogP contribution in [0.4, 0.5) is 0 Å². The van der Waals surface area contributed by atoms with Crippen molar-refractivity contribution < 1.29 is 4.79 Å². The molecule has 0 aliphatic carbocycles. The summed E-state index contributed by atoms with van der Waals surface area (Å²) >= 11 is 0. The Morgan fingerprint density at radius 1 is 1.00 bits per heavy atom. The highest BCUT2D eigenvalue weighted by Gasteiger charge is 1.93. The molecule has 1 nitrogen and oxygen atoms in total. The predicted molar refractivity (Wildman–Crippen MR) is 62.2 cm³/mol. The van der Waals surface area contributed by atoms with E-state index in [0.29, 0.717) is 0 Å². The Balaban J connectivity index is 4.02. The average Bonchev–Trinajstić information content (AvgIpc) is 2.14. The molecule has 0 unspecified atom stereocenters. The van der Waals surface area contributed by atoms with Crippen molar-refractivity contribution in [3.63, 3.8) is 0 Å². The Morgan fingerprint density at radius 2 is 1.64 bits per heavy atom. The van der Waals surface area contributed by atoms with Gasteiger partial charge in [0.25, 0.3) is 0 Å². The lowest BCUT2D eigenvalue weighted by atomic mass is 10.0. The van der Waals surface area contributed by atoms with Crippen LogP contribution in [0.1, 0.15) is 40.5 Å². The molecule has 0 atom stereocenters. The van der Waals surface area contributed by atoms with Gasteiger partial charge in [-0.2, -0.15) is 0 Å². The standard InChI is InChI=1S/C13H20O/c1-11(2)13(4)9-8-12(3)7-5-6-10-14/h5-7,10H,8-9H2,1-4H3/b6-5+,12-7?. The van der Waals surface area contributed by atoms with E-state index in [1.165, 1.54) is 22.8 Å². The molecule has 0 saturated carbocycles. The first-order chi connectivity index (χ1) is 6.57. The highest BCUT2D eigenvalue weighted by Crippen LogP contribution is 2.13. The number of allylic oxidation sites excluding steroid dienone is 6. The van der Waals surface area contributed by atoms with Crippen molar-refractivity contribution in [3.05, 3.63) is 34.9 Å². The summed E-state index contributed by atoms with van der Waals surface area (Å²) in [6.45, 7) is 8.54. The third-order valence-electron chi connectivity index (χ3n) is 2.32. The molecular weight excluding hydrogens is 172 g/mol. The molecule has 0 N–H and O–H groups in total. The quantitative estimate of drug-likeness (QED) is 0.280. The molecule has 14 heavy (non-hydrogen) atoms. The predicted octanol–water partition coefficient (Wildman–Crippen LogP) is 3.82. The first kappa shape index (κ1) is 12.9. The van der Waals surface area contributed by atoms with E-state index in [9.17, 15) is 4.79 Å². The summed E-state index contributed by atoms with van der Waals surface area (Å²) < 4.78 is 0. The van der Waals surface area contributed by atoms with Gasteiger partial charge < -0.3 is 0 Å². The monoisotopic (exact) mass is 192 g/mol. The zero-order chi connectivity index (χ0) is 11.0. The molecule has 0 radical (unpaired) electrons. The Bertz CT molecular complexity index is 263. The molecule has 0 aliphatic rings. The number of aldehydes is 1. The molecule has 0 aliphatic heterocycles. The largest absolute Gasteiger partial charge is 0.299 e. The Morgan fingerprint density at radius 3 is 2.14 bits per heavy atom. The summed E-state index contributed by atoms with van der Waals surface area (Å²) in [7, 11) is 0. The molecule has 0 rings (SSSR count). The lowest BCUT2D eigenvalue weighted by molar-refractivity contribution is -0.104. The van der Waals surface area contributed by atoms with Gasteiger partial charge in [0, 0.05) is 0 Å². The fourth-order valence-electron chi connectivity index (χ4n) is 0.983. The van der Waals surface area contributed by atoms with Gasteiger partial charge in [0.2, 0.25) is 0 Å². The van der Waals surface area contributed by atoms with E-state index >= 15 is 0 Å². The number of hydrogen-bond donors (Lipinski definition) is 0. The number of carbonyl (C=O) groups excluding carboxylic acids is 1. The molecule has 0 fully saturated rings. The van der Waals surface area contributed by atoms with Gasteiger partial charge in [0.1, 0.15) is 6.29 Å². The Hall–Kier alpha value is -1.11. The van der Waals surface area contributed by atoms with Crippen LogP contribution < -0.4 is 0 Å². The van der Waals surface area contributed by atoms with Gasteiger partial charge in [-0.25, -0.2) is 0 Å². The number of hydrogen-bond acceptors (Lipinski definition) is 1. The van der Waals surface area contributed by atoms with Crippen LogP contribution in [-0.2, 0) is 4.79 Å². The maximum Gasteiger partial charge on any atom is 0.142 e. The molecule has 0 bridgehead atoms. The van der Waals surface area contributed by atoms with Crippen LogP contribution in [0.5, 0.6) is 0 Å². The first-order valence-corrected chi connectivity index (χ1v) is 4.98. The zero-order valence-corrected chi connectivity index (χ0v) is 9.63. The molecule has 0 spiro atoms. The van der Waals surface area contributed by atoms with Gasteiger partial charge in [-0.05, 0) is 46.6 Å². The van der Waals surface area contributed by atoms with E-state index in [2.05, 4.69) is 27.7 Å². The third-order valence-corrected chi connectivity index (χ3v) is 2.32. The molecule has 78 valence electrons. The van der Waals surface area contributed by atoms with Crippen molar-refractivity contribution in [2.24, 2.45) is 0 Å². The molecule has 0 aromatic carbocycles. The van der Waals surface area contributed by atoms with Crippen LogP contribution in [-0.4, -0.2) is 6.29 Å². The summed E-state index contributed by atoms with van der Waals surface area (Å²) in [5.74, 6) is 0. The Labute approximate surface area is 87.2 Å². The van der Waals surface area contributed by atoms with Gasteiger partial charge in [-0.15, -0.1) is 0 Å². The lowest BCUT2D eigenvalue weighted by Crippen LogP contribution is -1.83. The summed E-state index contributed by atoms with van der Waals surface area (Å²) in [6, 6.07) is 0. The van der Waals surface area contributed by atoms with E-state index in [0.717, 1.165) is 19.1 Å². The average molecular weight is 192 g/mol. The summed E-state index contributed by atoms with van der Waals surface area (Å²) in [5.41, 5.74) is 4.17. The highest BCUT2D eigenvalue weighted by molar-refractivity contribution is 5.65. The molecular formula is C13H20O. The molecule has 0 heterocycles. The molecule has 1 heteroatoms. The third kappa shape index (κ3) is 6.41. The van der Waals surface area contributed by atoms with Crippen LogP contribution in [0.25, 0.3) is 0 Å². The van der Waals surface area contributed by atoms with Crippen molar-refractivity contribution in [1.29, 1.82) is 0 Å². The van der Waals surface area contributed by atoms with E-state index in [1.807, 2.05) is 6.08 Å². The van der Waals surface area contributed by atoms with Crippen LogP contribution >= 0.6 is 0 Å². The van der Waals surface area contributed by atoms with Crippen molar-refractivity contribution in [3.8, 4) is 0 Å². The zero-order valence-electron chi connectivity index (χ0n) is 9.63. The number of rotatable bonds is 5. The second-order valence-corrected chi connectivity index (χ2v) is 3.81. The number of carbonyl (C=O) groups is 1. The van der Waals surface area contributed by atoms with Crippen molar-refractivity contribution >= 4 is 6.29 Å². The second kappa shape index (κ2) is 7.31. The molecule has 0 aromatic rings. The van der Waals surface area contributed by atoms with Crippen LogP contribution in [0.2, 0.25) is 0 Å². The van der Waals surface area contributed by atoms with Gasteiger partial charge in [-0.1, -0.05) is 28.9 Å². The summed E-state index contributed by atoms with van der Waals surface area (Å²) in [6.07, 6.45) is 8.27.